The second-order valence-electron chi connectivity index (χ2n) is 5.30. The van der Waals surface area contributed by atoms with Crippen LogP contribution in [0.5, 0.6) is 0 Å². The lowest BCUT2D eigenvalue weighted by atomic mass is 10.2. The molecule has 20 heavy (non-hydrogen) atoms. The minimum absolute atomic E-state index is 0.386. The van der Waals surface area contributed by atoms with Gasteiger partial charge in [-0.3, -0.25) is 0 Å². The fourth-order valence-corrected chi connectivity index (χ4v) is 4.38. The molecule has 1 unspecified atom stereocenters. The molecule has 4 nitrogen and oxygen atoms in total. The Hall–Kier alpha value is -1.07. The first-order chi connectivity index (χ1) is 9.43. The predicted octanol–water partition coefficient (Wildman–Crippen LogP) is 3.40. The minimum atomic E-state index is -2.56. The maximum atomic E-state index is 13.5. The van der Waals surface area contributed by atoms with E-state index in [1.807, 2.05) is 29.4 Å². The molecular formula is C15H27N3OS. The minimum Gasteiger partial charge on any atom is -0.399 e. The van der Waals surface area contributed by atoms with Crippen LogP contribution in [0.1, 0.15) is 34.1 Å². The topological polar surface area (TPSA) is 58.7 Å². The Bertz CT molecular complexity index is 534. The van der Waals surface area contributed by atoms with Crippen LogP contribution in [0.25, 0.3) is 0 Å². The number of rotatable bonds is 7. The van der Waals surface area contributed by atoms with Crippen LogP contribution in [-0.4, -0.2) is 28.1 Å². The number of hydrogen-bond acceptors (Lipinski definition) is 3. The third-order valence-electron chi connectivity index (χ3n) is 2.96. The van der Waals surface area contributed by atoms with E-state index >= 15 is 0 Å². The number of nitrogen functional groups attached to an aromatic ring is 1. The Balaban J connectivity index is 3.33. The summed E-state index contributed by atoms with van der Waals surface area (Å²) >= 11 is 0. The van der Waals surface area contributed by atoms with Crippen molar-refractivity contribution in [3.05, 3.63) is 24.3 Å². The van der Waals surface area contributed by atoms with Gasteiger partial charge in [-0.05, 0) is 30.5 Å². The van der Waals surface area contributed by atoms with Gasteiger partial charge in [-0.2, -0.15) is 0 Å². The standard InChI is InChI=1S/C15H27N3OS/c1-5-10-18(6-2)20(19,17-12-13(3)4)15-9-7-8-14(16)11-15/h7-9,11,13H,5-6,10,12,16H2,1-4H3. The van der Waals surface area contributed by atoms with Gasteiger partial charge in [0.25, 0.3) is 0 Å². The van der Waals surface area contributed by atoms with Gasteiger partial charge in [0.05, 0.1) is 11.4 Å². The van der Waals surface area contributed by atoms with Crippen molar-refractivity contribution in [1.29, 1.82) is 0 Å². The highest BCUT2D eigenvalue weighted by atomic mass is 32.2. The smallest absolute Gasteiger partial charge is 0.139 e. The van der Waals surface area contributed by atoms with Gasteiger partial charge in [-0.25, -0.2) is 12.9 Å². The maximum Gasteiger partial charge on any atom is 0.139 e. The number of hydrogen-bond donors (Lipinski definition) is 1. The second kappa shape index (κ2) is 7.64. The summed E-state index contributed by atoms with van der Waals surface area (Å²) in [5.41, 5.74) is 6.47. The number of anilines is 1. The molecule has 5 heteroatoms. The van der Waals surface area contributed by atoms with Crippen molar-refractivity contribution >= 4 is 15.6 Å². The lowest BCUT2D eigenvalue weighted by Crippen LogP contribution is -2.32. The van der Waals surface area contributed by atoms with Crippen LogP contribution in [0.3, 0.4) is 0 Å². The van der Waals surface area contributed by atoms with Crippen LogP contribution in [0.15, 0.2) is 33.5 Å². The van der Waals surface area contributed by atoms with Gasteiger partial charge in [0.1, 0.15) is 9.92 Å². The predicted molar refractivity (Wildman–Crippen MR) is 86.9 cm³/mol. The SMILES string of the molecule is CCCN(CC)S(=O)(=NCC(C)C)c1cccc(N)c1. The second-order valence-corrected chi connectivity index (χ2v) is 7.54. The van der Waals surface area contributed by atoms with Crippen LogP contribution in [0.2, 0.25) is 0 Å². The molecule has 0 radical (unpaired) electrons. The van der Waals surface area contributed by atoms with Crippen LogP contribution >= 0.6 is 0 Å². The lowest BCUT2D eigenvalue weighted by molar-refractivity contribution is 0.455. The highest BCUT2D eigenvalue weighted by Crippen LogP contribution is 2.21. The monoisotopic (exact) mass is 297 g/mol. The van der Waals surface area contributed by atoms with Crippen LogP contribution in [-0.2, 0) is 9.92 Å². The molecule has 2 N–H and O–H groups in total. The molecule has 0 aliphatic heterocycles. The first-order valence-electron chi connectivity index (χ1n) is 7.27. The zero-order valence-electron chi connectivity index (χ0n) is 13.0. The lowest BCUT2D eigenvalue weighted by Gasteiger charge is -2.25. The van der Waals surface area contributed by atoms with Crippen molar-refractivity contribution in [1.82, 2.24) is 4.31 Å². The molecule has 0 heterocycles. The fraction of sp³-hybridized carbons (Fsp3) is 0.600. The normalized spacial score (nSPS) is 14.5. The van der Waals surface area contributed by atoms with Crippen molar-refractivity contribution < 1.29 is 4.21 Å². The molecule has 0 saturated carbocycles. The molecule has 1 rings (SSSR count). The largest absolute Gasteiger partial charge is 0.399 e. The van der Waals surface area contributed by atoms with Gasteiger partial charge >= 0.3 is 0 Å². The summed E-state index contributed by atoms with van der Waals surface area (Å²) in [6, 6.07) is 7.29. The summed E-state index contributed by atoms with van der Waals surface area (Å²) in [4.78, 5) is 0.716. The molecule has 0 fully saturated rings. The maximum absolute atomic E-state index is 13.5. The molecule has 0 aliphatic rings. The summed E-state index contributed by atoms with van der Waals surface area (Å²) in [6.45, 7) is 10.3. The van der Waals surface area contributed by atoms with E-state index in [1.165, 1.54) is 0 Å². The quantitative estimate of drug-likeness (QED) is 0.784. The zero-order valence-corrected chi connectivity index (χ0v) is 13.8. The average molecular weight is 297 g/mol. The molecule has 0 saturated heterocycles. The molecule has 0 aromatic heterocycles. The number of nitrogens with zero attached hydrogens (tertiary/aromatic N) is 2. The Labute approximate surface area is 123 Å². The van der Waals surface area contributed by atoms with E-state index in [2.05, 4.69) is 25.1 Å². The molecule has 1 aromatic rings. The first-order valence-corrected chi connectivity index (χ1v) is 8.74. The van der Waals surface area contributed by atoms with Gasteiger partial charge in [-0.1, -0.05) is 33.8 Å². The van der Waals surface area contributed by atoms with E-state index in [0.29, 0.717) is 29.6 Å². The highest BCUT2D eigenvalue weighted by molar-refractivity contribution is 7.91. The molecule has 0 spiro atoms. The van der Waals surface area contributed by atoms with E-state index in [9.17, 15) is 4.21 Å². The Kier molecular flexibility index (Phi) is 6.49. The van der Waals surface area contributed by atoms with Crippen molar-refractivity contribution in [3.63, 3.8) is 0 Å². The molecule has 1 atom stereocenters. The molecule has 0 amide bonds. The third kappa shape index (κ3) is 4.21. The summed E-state index contributed by atoms with van der Waals surface area (Å²) in [6.07, 6.45) is 0.949. The Morgan fingerprint density at radius 2 is 2.05 bits per heavy atom. The summed E-state index contributed by atoms with van der Waals surface area (Å²) in [5.74, 6) is 0.386. The molecule has 0 aliphatic carbocycles. The van der Waals surface area contributed by atoms with E-state index in [0.717, 1.165) is 13.0 Å². The molecular weight excluding hydrogens is 270 g/mol. The molecule has 0 bridgehead atoms. The number of nitrogens with two attached hydrogens (primary N) is 1. The third-order valence-corrected chi connectivity index (χ3v) is 5.46. The van der Waals surface area contributed by atoms with Crippen LogP contribution in [0.4, 0.5) is 5.69 Å². The summed E-state index contributed by atoms with van der Waals surface area (Å²) < 4.78 is 20.0. The highest BCUT2D eigenvalue weighted by Gasteiger charge is 2.20. The van der Waals surface area contributed by atoms with E-state index in [-0.39, 0.29) is 0 Å². The Morgan fingerprint density at radius 1 is 1.35 bits per heavy atom. The molecule has 114 valence electrons. The van der Waals surface area contributed by atoms with Gasteiger partial charge in [0.2, 0.25) is 0 Å². The zero-order chi connectivity index (χ0) is 15.2. The van der Waals surface area contributed by atoms with Crippen LogP contribution < -0.4 is 5.73 Å². The van der Waals surface area contributed by atoms with E-state index in [4.69, 9.17) is 5.73 Å². The van der Waals surface area contributed by atoms with Crippen LogP contribution in [0, 0.1) is 5.92 Å². The van der Waals surface area contributed by atoms with Crippen molar-refractivity contribution in [2.75, 3.05) is 25.4 Å². The summed E-state index contributed by atoms with van der Waals surface area (Å²) in [5, 5.41) is 0. The number of benzene rings is 1. The fourth-order valence-electron chi connectivity index (χ4n) is 1.94. The van der Waals surface area contributed by atoms with Crippen molar-refractivity contribution in [3.8, 4) is 0 Å². The van der Waals surface area contributed by atoms with Gasteiger partial charge in [0.15, 0.2) is 0 Å². The van der Waals surface area contributed by atoms with Gasteiger partial charge < -0.3 is 5.73 Å². The summed E-state index contributed by atoms with van der Waals surface area (Å²) in [7, 11) is -2.56. The van der Waals surface area contributed by atoms with Gasteiger partial charge in [-0.15, -0.1) is 0 Å². The first kappa shape index (κ1) is 17.0. The van der Waals surface area contributed by atoms with Gasteiger partial charge in [0, 0.05) is 18.8 Å². The van der Waals surface area contributed by atoms with Crippen molar-refractivity contribution in [2.24, 2.45) is 10.3 Å². The van der Waals surface area contributed by atoms with E-state index in [1.54, 1.807) is 6.07 Å². The average Bonchev–Trinajstić information content (AvgIpc) is 2.42. The Morgan fingerprint density at radius 3 is 2.55 bits per heavy atom. The van der Waals surface area contributed by atoms with Crippen molar-refractivity contribution in [2.45, 2.75) is 39.0 Å². The molecule has 1 aromatic carbocycles. The van der Waals surface area contributed by atoms with E-state index < -0.39 is 9.92 Å².